The Labute approximate surface area is 107 Å². The first-order chi connectivity index (χ1) is 8.78. The lowest BCUT2D eigenvalue weighted by Gasteiger charge is -2.35. The van der Waals surface area contributed by atoms with Crippen molar-refractivity contribution in [3.8, 4) is 11.5 Å². The number of rotatable bonds is 2. The molecular weight excluding hydrogens is 228 g/mol. The Balaban J connectivity index is 2.02. The molecule has 1 heterocycles. The van der Waals surface area contributed by atoms with Gasteiger partial charge in [-0.3, -0.25) is 4.99 Å². The van der Waals surface area contributed by atoms with Crippen molar-refractivity contribution >= 4 is 6.34 Å². The van der Waals surface area contributed by atoms with Gasteiger partial charge in [0.1, 0.15) is 11.5 Å². The second-order valence-electron chi connectivity index (χ2n) is 5.00. The third-order valence-electron chi connectivity index (χ3n) is 4.01. The minimum atomic E-state index is 0.0899. The monoisotopic (exact) mass is 246 g/mol. The second-order valence-corrected chi connectivity index (χ2v) is 5.00. The molecule has 0 fully saturated rings. The summed E-state index contributed by atoms with van der Waals surface area (Å²) in [4.78, 5) is 4.32. The van der Waals surface area contributed by atoms with E-state index in [1.54, 1.807) is 14.2 Å². The van der Waals surface area contributed by atoms with Crippen molar-refractivity contribution < 1.29 is 9.47 Å². The van der Waals surface area contributed by atoms with Crippen LogP contribution >= 0.6 is 0 Å². The highest BCUT2D eigenvalue weighted by molar-refractivity contribution is 5.61. The molecule has 1 aliphatic heterocycles. The van der Waals surface area contributed by atoms with Gasteiger partial charge in [-0.2, -0.15) is 0 Å². The van der Waals surface area contributed by atoms with Gasteiger partial charge in [0.2, 0.25) is 0 Å². The minimum Gasteiger partial charge on any atom is -0.496 e. The van der Waals surface area contributed by atoms with Crippen LogP contribution in [0.25, 0.3) is 0 Å². The number of ether oxygens (including phenoxy) is 2. The third-order valence-corrected chi connectivity index (χ3v) is 4.01. The topological polar surface area (TPSA) is 42.9 Å². The molecule has 4 nitrogen and oxygen atoms in total. The summed E-state index contributed by atoms with van der Waals surface area (Å²) in [5.41, 5.74) is 2.64. The molecule has 0 aromatic heterocycles. The van der Waals surface area contributed by atoms with E-state index in [1.807, 2.05) is 18.5 Å². The van der Waals surface area contributed by atoms with Crippen molar-refractivity contribution in [3.05, 3.63) is 23.3 Å². The van der Waals surface area contributed by atoms with Crippen LogP contribution in [0.3, 0.4) is 0 Å². The van der Waals surface area contributed by atoms with E-state index in [9.17, 15) is 0 Å². The molecule has 1 aliphatic carbocycles. The van der Waals surface area contributed by atoms with Gasteiger partial charge in [-0.05, 0) is 25.0 Å². The van der Waals surface area contributed by atoms with Crippen molar-refractivity contribution in [3.63, 3.8) is 0 Å². The first-order valence-electron chi connectivity index (χ1n) is 6.27. The van der Waals surface area contributed by atoms with Gasteiger partial charge < -0.3 is 14.8 Å². The van der Waals surface area contributed by atoms with Gasteiger partial charge in [-0.1, -0.05) is 0 Å². The van der Waals surface area contributed by atoms with E-state index >= 15 is 0 Å². The Morgan fingerprint density at radius 2 is 1.89 bits per heavy atom. The predicted molar refractivity (Wildman–Crippen MR) is 70.8 cm³/mol. The van der Waals surface area contributed by atoms with Gasteiger partial charge in [0, 0.05) is 17.5 Å². The smallest absolute Gasteiger partial charge is 0.122 e. The maximum atomic E-state index is 5.49. The zero-order valence-corrected chi connectivity index (χ0v) is 10.8. The average Bonchev–Trinajstić information content (AvgIpc) is 2.85. The summed E-state index contributed by atoms with van der Waals surface area (Å²) >= 11 is 0. The SMILES string of the molecule is COc1ccc(OC)c2c1CC[C@]1(CN=CN1)C2. The first-order valence-corrected chi connectivity index (χ1v) is 6.27. The number of fused-ring (bicyclic) bond motifs is 1. The van der Waals surface area contributed by atoms with Gasteiger partial charge in [-0.15, -0.1) is 0 Å². The van der Waals surface area contributed by atoms with Crippen LogP contribution in [0.4, 0.5) is 0 Å². The first kappa shape index (κ1) is 11.4. The van der Waals surface area contributed by atoms with E-state index in [2.05, 4.69) is 10.3 Å². The van der Waals surface area contributed by atoms with Crippen LogP contribution < -0.4 is 14.8 Å². The van der Waals surface area contributed by atoms with Gasteiger partial charge in [0.15, 0.2) is 0 Å². The fraction of sp³-hybridized carbons (Fsp3) is 0.500. The molecule has 1 aromatic carbocycles. The Kier molecular flexibility index (Phi) is 2.65. The molecule has 1 spiro atoms. The van der Waals surface area contributed by atoms with E-state index in [1.165, 1.54) is 11.1 Å². The summed E-state index contributed by atoms with van der Waals surface area (Å²) in [7, 11) is 3.45. The maximum Gasteiger partial charge on any atom is 0.122 e. The predicted octanol–water partition coefficient (Wildman–Crippen LogP) is 1.56. The minimum absolute atomic E-state index is 0.0899. The molecule has 18 heavy (non-hydrogen) atoms. The zero-order chi connectivity index (χ0) is 12.6. The average molecular weight is 246 g/mol. The highest BCUT2D eigenvalue weighted by Crippen LogP contribution is 2.39. The standard InChI is InChI=1S/C14H18N2O2/c1-17-12-3-4-13(18-2)11-7-14(6-5-10(11)12)8-15-9-16-14/h3-4,9H,5-8H2,1-2H3,(H,15,16)/t14-/m1/s1. The summed E-state index contributed by atoms with van der Waals surface area (Å²) in [6.45, 7) is 0.854. The van der Waals surface area contributed by atoms with Crippen LogP contribution in [0, 0.1) is 0 Å². The van der Waals surface area contributed by atoms with E-state index in [0.717, 1.165) is 37.3 Å². The van der Waals surface area contributed by atoms with Crippen LogP contribution in [0.1, 0.15) is 17.5 Å². The lowest BCUT2D eigenvalue weighted by molar-refractivity contribution is 0.336. The Bertz CT molecular complexity index is 489. The summed E-state index contributed by atoms with van der Waals surface area (Å²) in [6.07, 6.45) is 4.87. The number of methoxy groups -OCH3 is 2. The van der Waals surface area contributed by atoms with Crippen molar-refractivity contribution in [2.24, 2.45) is 4.99 Å². The molecule has 0 amide bonds. The fourth-order valence-corrected chi connectivity index (χ4v) is 3.00. The summed E-state index contributed by atoms with van der Waals surface area (Å²) in [5.74, 6) is 1.93. The summed E-state index contributed by atoms with van der Waals surface area (Å²) < 4.78 is 10.9. The number of nitrogens with zero attached hydrogens (tertiary/aromatic N) is 1. The van der Waals surface area contributed by atoms with E-state index in [4.69, 9.17) is 9.47 Å². The Hall–Kier alpha value is -1.71. The molecule has 4 heteroatoms. The summed E-state index contributed by atoms with van der Waals surface area (Å²) in [5, 5.41) is 3.41. The number of hydrogen-bond donors (Lipinski definition) is 1. The third kappa shape index (κ3) is 1.64. The van der Waals surface area contributed by atoms with Crippen LogP contribution in [0.5, 0.6) is 11.5 Å². The zero-order valence-electron chi connectivity index (χ0n) is 10.8. The van der Waals surface area contributed by atoms with Crippen molar-refractivity contribution in [2.75, 3.05) is 20.8 Å². The van der Waals surface area contributed by atoms with Crippen molar-refractivity contribution in [2.45, 2.75) is 24.8 Å². The quantitative estimate of drug-likeness (QED) is 0.861. The fourth-order valence-electron chi connectivity index (χ4n) is 3.00. The van der Waals surface area contributed by atoms with E-state index in [-0.39, 0.29) is 5.54 Å². The lowest BCUT2D eigenvalue weighted by atomic mass is 9.77. The number of nitrogens with one attached hydrogen (secondary N) is 1. The normalized spacial score (nSPS) is 24.8. The molecule has 1 atom stereocenters. The largest absolute Gasteiger partial charge is 0.496 e. The molecule has 0 saturated carbocycles. The van der Waals surface area contributed by atoms with Crippen molar-refractivity contribution in [1.82, 2.24) is 5.32 Å². The molecule has 0 saturated heterocycles. The Morgan fingerprint density at radius 3 is 2.50 bits per heavy atom. The highest BCUT2D eigenvalue weighted by Gasteiger charge is 2.38. The summed E-state index contributed by atoms with van der Waals surface area (Å²) in [6, 6.07) is 3.99. The molecule has 1 N–H and O–H groups in total. The number of aliphatic imine (C=N–C) groups is 1. The van der Waals surface area contributed by atoms with Crippen molar-refractivity contribution in [1.29, 1.82) is 0 Å². The maximum absolute atomic E-state index is 5.49. The molecule has 0 unspecified atom stereocenters. The number of hydrogen-bond acceptors (Lipinski definition) is 4. The van der Waals surface area contributed by atoms with Gasteiger partial charge >= 0.3 is 0 Å². The van der Waals surface area contributed by atoms with Gasteiger partial charge in [0.25, 0.3) is 0 Å². The highest BCUT2D eigenvalue weighted by atomic mass is 16.5. The lowest BCUT2D eigenvalue weighted by Crippen LogP contribution is -2.48. The van der Waals surface area contributed by atoms with Gasteiger partial charge in [0.05, 0.1) is 32.6 Å². The molecule has 96 valence electrons. The van der Waals surface area contributed by atoms with Gasteiger partial charge in [-0.25, -0.2) is 0 Å². The molecule has 2 aliphatic rings. The van der Waals surface area contributed by atoms with E-state index < -0.39 is 0 Å². The molecule has 0 bridgehead atoms. The number of benzene rings is 1. The second kappa shape index (κ2) is 4.19. The molecule has 0 radical (unpaired) electrons. The van der Waals surface area contributed by atoms with Crippen LogP contribution in [0.15, 0.2) is 17.1 Å². The van der Waals surface area contributed by atoms with E-state index in [0.29, 0.717) is 0 Å². The van der Waals surface area contributed by atoms with Crippen LogP contribution in [-0.2, 0) is 12.8 Å². The molecular formula is C14H18N2O2. The Morgan fingerprint density at radius 1 is 1.17 bits per heavy atom. The molecule has 3 rings (SSSR count). The van der Waals surface area contributed by atoms with Crippen LogP contribution in [-0.4, -0.2) is 32.6 Å². The van der Waals surface area contributed by atoms with Crippen LogP contribution in [0.2, 0.25) is 0 Å². The molecule has 1 aromatic rings.